The molecule has 4 rings (SSSR count). The highest BCUT2D eigenvalue weighted by atomic mass is 15.2. The summed E-state index contributed by atoms with van der Waals surface area (Å²) in [6.07, 6.45) is 5.40. The summed E-state index contributed by atoms with van der Waals surface area (Å²) < 4.78 is 0. The lowest BCUT2D eigenvalue weighted by atomic mass is 10.2. The molecule has 2 aromatic rings. The van der Waals surface area contributed by atoms with E-state index >= 15 is 0 Å². The van der Waals surface area contributed by atoms with Crippen molar-refractivity contribution >= 4 is 22.7 Å². The molecule has 1 aromatic heterocycles. The fourth-order valence-electron chi connectivity index (χ4n) is 2.71. The van der Waals surface area contributed by atoms with E-state index in [1.165, 1.54) is 25.7 Å². The summed E-state index contributed by atoms with van der Waals surface area (Å²) in [6.45, 7) is 2.18. The van der Waals surface area contributed by atoms with E-state index < -0.39 is 0 Å². The summed E-state index contributed by atoms with van der Waals surface area (Å²) in [5.74, 6) is 3.13. The predicted octanol–water partition coefficient (Wildman–Crippen LogP) is 2.84. The number of fused-ring (bicyclic) bond motifs is 1. The largest absolute Gasteiger partial charge is 0.381 e. The first-order chi connectivity index (χ1) is 9.79. The van der Waals surface area contributed by atoms with E-state index in [4.69, 9.17) is 10.7 Å². The molecule has 4 heteroatoms. The summed E-state index contributed by atoms with van der Waals surface area (Å²) in [6, 6.07) is 7.96. The standard InChI is InChI=1S/C16H20N4/c17-15-16(19-14-4-2-1-3-13(14)18-15)20(9-11-5-6-11)10-12-7-8-12/h1-4,11-12H,5-10H2,(H2,17,18). The molecule has 2 aliphatic rings. The lowest BCUT2D eigenvalue weighted by Gasteiger charge is -2.24. The van der Waals surface area contributed by atoms with Gasteiger partial charge in [0, 0.05) is 13.1 Å². The van der Waals surface area contributed by atoms with Crippen molar-refractivity contribution in [2.45, 2.75) is 25.7 Å². The molecular weight excluding hydrogens is 248 g/mol. The lowest BCUT2D eigenvalue weighted by Crippen LogP contribution is -2.30. The van der Waals surface area contributed by atoms with E-state index in [2.05, 4.69) is 9.88 Å². The summed E-state index contributed by atoms with van der Waals surface area (Å²) in [4.78, 5) is 11.7. The molecule has 0 spiro atoms. The average molecular weight is 268 g/mol. The highest BCUT2D eigenvalue weighted by molar-refractivity contribution is 5.79. The fourth-order valence-corrected chi connectivity index (χ4v) is 2.71. The Hall–Kier alpha value is -1.84. The molecule has 1 aromatic carbocycles. The molecule has 2 aliphatic carbocycles. The Labute approximate surface area is 119 Å². The Balaban J connectivity index is 1.70. The second-order valence-electron chi connectivity index (χ2n) is 6.21. The van der Waals surface area contributed by atoms with Crippen LogP contribution in [0.25, 0.3) is 11.0 Å². The van der Waals surface area contributed by atoms with Crippen molar-refractivity contribution in [3.63, 3.8) is 0 Å². The van der Waals surface area contributed by atoms with Gasteiger partial charge in [0.25, 0.3) is 0 Å². The molecule has 1 heterocycles. The van der Waals surface area contributed by atoms with Crippen molar-refractivity contribution in [1.29, 1.82) is 0 Å². The molecule has 0 bridgehead atoms. The van der Waals surface area contributed by atoms with Gasteiger partial charge in [0.15, 0.2) is 11.6 Å². The molecule has 0 atom stereocenters. The summed E-state index contributed by atoms with van der Waals surface area (Å²) >= 11 is 0. The zero-order chi connectivity index (χ0) is 13.5. The molecular formula is C16H20N4. The minimum Gasteiger partial charge on any atom is -0.381 e. The molecule has 0 amide bonds. The van der Waals surface area contributed by atoms with Gasteiger partial charge in [0.05, 0.1) is 11.0 Å². The molecule has 0 radical (unpaired) electrons. The van der Waals surface area contributed by atoms with Crippen LogP contribution < -0.4 is 10.6 Å². The Bertz CT molecular complexity index is 617. The van der Waals surface area contributed by atoms with Crippen LogP contribution in [0.1, 0.15) is 25.7 Å². The van der Waals surface area contributed by atoms with Crippen molar-refractivity contribution in [1.82, 2.24) is 9.97 Å². The zero-order valence-corrected chi connectivity index (χ0v) is 11.6. The Morgan fingerprint density at radius 2 is 1.50 bits per heavy atom. The van der Waals surface area contributed by atoms with E-state index in [0.29, 0.717) is 5.82 Å². The van der Waals surface area contributed by atoms with Crippen LogP contribution in [0.2, 0.25) is 0 Å². The van der Waals surface area contributed by atoms with Gasteiger partial charge in [-0.05, 0) is 49.7 Å². The third-order valence-corrected chi connectivity index (χ3v) is 4.23. The number of benzene rings is 1. The maximum atomic E-state index is 6.16. The summed E-state index contributed by atoms with van der Waals surface area (Å²) in [5.41, 5.74) is 7.98. The van der Waals surface area contributed by atoms with Crippen LogP contribution in [-0.2, 0) is 0 Å². The number of rotatable bonds is 5. The summed E-state index contributed by atoms with van der Waals surface area (Å²) in [7, 11) is 0. The SMILES string of the molecule is Nc1nc2ccccc2nc1N(CC1CC1)CC1CC1. The number of para-hydroxylation sites is 2. The Morgan fingerprint density at radius 1 is 0.950 bits per heavy atom. The van der Waals surface area contributed by atoms with Gasteiger partial charge in [-0.1, -0.05) is 12.1 Å². The maximum absolute atomic E-state index is 6.16. The van der Waals surface area contributed by atoms with Crippen LogP contribution >= 0.6 is 0 Å². The van der Waals surface area contributed by atoms with Crippen molar-refractivity contribution in [3.8, 4) is 0 Å². The van der Waals surface area contributed by atoms with Gasteiger partial charge in [0.2, 0.25) is 0 Å². The predicted molar refractivity (Wildman–Crippen MR) is 81.6 cm³/mol. The monoisotopic (exact) mass is 268 g/mol. The molecule has 2 fully saturated rings. The third kappa shape index (κ3) is 2.42. The van der Waals surface area contributed by atoms with E-state index in [1.807, 2.05) is 24.3 Å². The number of nitrogens with two attached hydrogens (primary N) is 1. The first kappa shape index (κ1) is 11.9. The fraction of sp³-hybridized carbons (Fsp3) is 0.500. The highest BCUT2D eigenvalue weighted by Gasteiger charge is 2.30. The van der Waals surface area contributed by atoms with Crippen molar-refractivity contribution in [2.75, 3.05) is 23.7 Å². The van der Waals surface area contributed by atoms with Crippen molar-refractivity contribution in [3.05, 3.63) is 24.3 Å². The van der Waals surface area contributed by atoms with Gasteiger partial charge >= 0.3 is 0 Å². The summed E-state index contributed by atoms with van der Waals surface area (Å²) in [5, 5.41) is 0. The lowest BCUT2D eigenvalue weighted by molar-refractivity contribution is 0.672. The van der Waals surface area contributed by atoms with Crippen LogP contribution in [0.4, 0.5) is 11.6 Å². The quantitative estimate of drug-likeness (QED) is 0.906. The van der Waals surface area contributed by atoms with Crippen LogP contribution in [0.15, 0.2) is 24.3 Å². The second-order valence-corrected chi connectivity index (χ2v) is 6.21. The van der Waals surface area contributed by atoms with Crippen LogP contribution in [0.3, 0.4) is 0 Å². The van der Waals surface area contributed by atoms with E-state index in [0.717, 1.165) is 41.8 Å². The van der Waals surface area contributed by atoms with Crippen LogP contribution in [-0.4, -0.2) is 23.1 Å². The molecule has 2 N–H and O–H groups in total. The number of aromatic nitrogens is 2. The molecule has 20 heavy (non-hydrogen) atoms. The molecule has 4 nitrogen and oxygen atoms in total. The molecule has 2 saturated carbocycles. The van der Waals surface area contributed by atoms with Gasteiger partial charge in [0.1, 0.15) is 0 Å². The highest BCUT2D eigenvalue weighted by Crippen LogP contribution is 2.36. The van der Waals surface area contributed by atoms with Gasteiger partial charge in [-0.25, -0.2) is 9.97 Å². The minimum atomic E-state index is 0.574. The number of hydrogen-bond donors (Lipinski definition) is 1. The Morgan fingerprint density at radius 3 is 2.05 bits per heavy atom. The maximum Gasteiger partial charge on any atom is 0.172 e. The molecule has 104 valence electrons. The molecule has 0 aliphatic heterocycles. The number of hydrogen-bond acceptors (Lipinski definition) is 4. The van der Waals surface area contributed by atoms with Crippen LogP contribution in [0, 0.1) is 11.8 Å². The average Bonchev–Trinajstić information content (AvgIpc) is 3.33. The zero-order valence-electron chi connectivity index (χ0n) is 11.6. The van der Waals surface area contributed by atoms with Gasteiger partial charge in [-0.3, -0.25) is 0 Å². The first-order valence-corrected chi connectivity index (χ1v) is 7.57. The van der Waals surface area contributed by atoms with Gasteiger partial charge < -0.3 is 10.6 Å². The first-order valence-electron chi connectivity index (χ1n) is 7.57. The van der Waals surface area contributed by atoms with Crippen molar-refractivity contribution < 1.29 is 0 Å². The molecule has 0 unspecified atom stereocenters. The third-order valence-electron chi connectivity index (χ3n) is 4.23. The Kier molecular flexibility index (Phi) is 2.76. The minimum absolute atomic E-state index is 0.574. The van der Waals surface area contributed by atoms with E-state index in [1.54, 1.807) is 0 Å². The van der Waals surface area contributed by atoms with E-state index in [9.17, 15) is 0 Å². The van der Waals surface area contributed by atoms with Gasteiger partial charge in [-0.2, -0.15) is 0 Å². The topological polar surface area (TPSA) is 55.0 Å². The second kappa shape index (κ2) is 4.62. The van der Waals surface area contributed by atoms with Crippen molar-refractivity contribution in [2.24, 2.45) is 11.8 Å². The normalized spacial score (nSPS) is 18.4. The number of nitrogens with zero attached hydrogens (tertiary/aromatic N) is 3. The number of anilines is 2. The molecule has 0 saturated heterocycles. The van der Waals surface area contributed by atoms with E-state index in [-0.39, 0.29) is 0 Å². The smallest absolute Gasteiger partial charge is 0.172 e. The van der Waals surface area contributed by atoms with Crippen LogP contribution in [0.5, 0.6) is 0 Å². The number of nitrogen functional groups attached to an aromatic ring is 1. The van der Waals surface area contributed by atoms with Gasteiger partial charge in [-0.15, -0.1) is 0 Å².